The van der Waals surface area contributed by atoms with Crippen LogP contribution in [0, 0.1) is 22.7 Å². The number of carboxylic acids is 1. The molecule has 0 saturated heterocycles. The minimum absolute atomic E-state index is 0.0768. The largest absolute Gasteiger partial charge is 0.481 e. The molecule has 6 nitrogen and oxygen atoms in total. The monoisotopic (exact) mass is 418 g/mol. The Labute approximate surface area is 178 Å². The molecule has 0 bridgehead atoms. The molecule has 5 atom stereocenters. The van der Waals surface area contributed by atoms with Gasteiger partial charge in [0.05, 0.1) is 38.1 Å². The first-order chi connectivity index (χ1) is 14.2. The third kappa shape index (κ3) is 4.48. The molecular formula is C24H34O6. The number of ether oxygens (including phenoxy) is 1. The van der Waals surface area contributed by atoms with E-state index in [4.69, 9.17) is 14.3 Å². The van der Waals surface area contributed by atoms with Gasteiger partial charge in [0.1, 0.15) is 0 Å². The summed E-state index contributed by atoms with van der Waals surface area (Å²) in [4.78, 5) is 22.8. The lowest BCUT2D eigenvalue weighted by molar-refractivity contribution is -0.165. The molecule has 6 heteroatoms. The van der Waals surface area contributed by atoms with Gasteiger partial charge in [0.15, 0.2) is 0 Å². The normalized spacial score (nSPS) is 33.5. The van der Waals surface area contributed by atoms with E-state index in [1.54, 1.807) is 12.5 Å². The van der Waals surface area contributed by atoms with Crippen molar-refractivity contribution < 1.29 is 29.0 Å². The number of carboxylic acid groups (broad SMARTS) is 1. The molecule has 1 saturated carbocycles. The summed E-state index contributed by atoms with van der Waals surface area (Å²) in [5.41, 5.74) is 2.15. The van der Waals surface area contributed by atoms with Gasteiger partial charge in [-0.2, -0.15) is 0 Å². The van der Waals surface area contributed by atoms with Crippen LogP contribution in [0.5, 0.6) is 0 Å². The molecule has 5 unspecified atom stereocenters. The van der Waals surface area contributed by atoms with E-state index in [1.165, 1.54) is 5.57 Å². The number of aliphatic carboxylic acids is 1. The lowest BCUT2D eigenvalue weighted by atomic mass is 9.46. The number of esters is 1. The second-order valence-corrected chi connectivity index (χ2v) is 9.53. The Balaban J connectivity index is 1.82. The van der Waals surface area contributed by atoms with Crippen LogP contribution in [0.15, 0.2) is 34.7 Å². The Morgan fingerprint density at radius 2 is 2.07 bits per heavy atom. The average molecular weight is 419 g/mol. The molecular weight excluding hydrogens is 384 g/mol. The van der Waals surface area contributed by atoms with Crippen LogP contribution in [0.3, 0.4) is 0 Å². The number of aliphatic hydroxyl groups is 1. The van der Waals surface area contributed by atoms with Crippen molar-refractivity contribution >= 4 is 11.9 Å². The van der Waals surface area contributed by atoms with E-state index in [1.807, 2.05) is 6.07 Å². The van der Waals surface area contributed by atoms with Gasteiger partial charge in [0.2, 0.25) is 0 Å². The summed E-state index contributed by atoms with van der Waals surface area (Å²) in [6, 6.07) is 1.97. The SMILES string of the molecule is CC1=CCCC2C1(C)CC(O)C(COC(=O)CCC(=O)O)C2(C)CCc1ccoc1. The first-order valence-corrected chi connectivity index (χ1v) is 10.9. The smallest absolute Gasteiger partial charge is 0.306 e. The third-order valence-electron chi connectivity index (χ3n) is 7.82. The van der Waals surface area contributed by atoms with E-state index in [2.05, 4.69) is 26.8 Å². The number of fused-ring (bicyclic) bond motifs is 1. The molecule has 166 valence electrons. The van der Waals surface area contributed by atoms with Gasteiger partial charge in [-0.05, 0) is 67.4 Å². The van der Waals surface area contributed by atoms with Gasteiger partial charge in [0, 0.05) is 5.92 Å². The van der Waals surface area contributed by atoms with Crippen LogP contribution in [0.25, 0.3) is 0 Å². The van der Waals surface area contributed by atoms with Crippen molar-refractivity contribution in [3.8, 4) is 0 Å². The summed E-state index contributed by atoms with van der Waals surface area (Å²) in [6.45, 7) is 6.78. The highest BCUT2D eigenvalue weighted by atomic mass is 16.5. The minimum Gasteiger partial charge on any atom is -0.481 e. The van der Waals surface area contributed by atoms with Crippen LogP contribution in [0.4, 0.5) is 0 Å². The number of hydrogen-bond donors (Lipinski definition) is 2. The van der Waals surface area contributed by atoms with Crippen LogP contribution >= 0.6 is 0 Å². The van der Waals surface area contributed by atoms with E-state index in [0.717, 1.165) is 31.2 Å². The predicted molar refractivity (Wildman–Crippen MR) is 112 cm³/mol. The third-order valence-corrected chi connectivity index (χ3v) is 7.82. The van der Waals surface area contributed by atoms with Gasteiger partial charge in [0.25, 0.3) is 0 Å². The number of allylic oxidation sites excluding steroid dienone is 2. The van der Waals surface area contributed by atoms with E-state index >= 15 is 0 Å². The number of furan rings is 1. The van der Waals surface area contributed by atoms with Crippen LogP contribution in [0.2, 0.25) is 0 Å². The number of carbonyl (C=O) groups is 2. The summed E-state index contributed by atoms with van der Waals surface area (Å²) in [5, 5.41) is 20.0. The molecule has 30 heavy (non-hydrogen) atoms. The molecule has 0 aliphatic heterocycles. The Morgan fingerprint density at radius 3 is 2.73 bits per heavy atom. The van der Waals surface area contributed by atoms with Gasteiger partial charge in [-0.1, -0.05) is 25.5 Å². The van der Waals surface area contributed by atoms with E-state index in [0.29, 0.717) is 12.3 Å². The molecule has 1 aromatic heterocycles. The fourth-order valence-electron chi connectivity index (χ4n) is 5.90. The average Bonchev–Trinajstić information content (AvgIpc) is 3.20. The van der Waals surface area contributed by atoms with Crippen molar-refractivity contribution in [3.63, 3.8) is 0 Å². The molecule has 0 radical (unpaired) electrons. The van der Waals surface area contributed by atoms with Crippen molar-refractivity contribution in [2.24, 2.45) is 22.7 Å². The maximum absolute atomic E-state index is 12.1. The topological polar surface area (TPSA) is 97.0 Å². The lowest BCUT2D eigenvalue weighted by Gasteiger charge is -2.60. The Hall–Kier alpha value is -2.08. The standard InChI is InChI=1S/C24H34O6/c1-16-5-4-6-20-23(2,11-9-17-10-12-29-14-17)18(19(25)13-24(16,20)3)15-30-22(28)8-7-21(26)27/h5,10,12,14,18-20,25H,4,6-9,11,13,15H2,1-3H3,(H,26,27). The number of carbonyl (C=O) groups excluding carboxylic acids is 1. The summed E-state index contributed by atoms with van der Waals surface area (Å²) < 4.78 is 10.7. The van der Waals surface area contributed by atoms with E-state index in [-0.39, 0.29) is 36.2 Å². The predicted octanol–water partition coefficient (Wildman–Crippen LogP) is 4.37. The van der Waals surface area contributed by atoms with Gasteiger partial charge in [-0.3, -0.25) is 9.59 Å². The maximum Gasteiger partial charge on any atom is 0.306 e. The lowest BCUT2D eigenvalue weighted by Crippen LogP contribution is -2.57. The zero-order chi connectivity index (χ0) is 21.9. The van der Waals surface area contributed by atoms with Crippen molar-refractivity contribution in [1.29, 1.82) is 0 Å². The molecule has 2 aliphatic rings. The Kier molecular flexibility index (Phi) is 6.75. The Morgan fingerprint density at radius 1 is 1.30 bits per heavy atom. The van der Waals surface area contributed by atoms with Crippen molar-refractivity contribution in [2.45, 2.75) is 71.8 Å². The summed E-state index contributed by atoms with van der Waals surface area (Å²) in [7, 11) is 0. The first kappa shape index (κ1) is 22.6. The summed E-state index contributed by atoms with van der Waals surface area (Å²) >= 11 is 0. The highest BCUT2D eigenvalue weighted by Gasteiger charge is 2.57. The fraction of sp³-hybridized carbons (Fsp3) is 0.667. The second kappa shape index (κ2) is 8.96. The van der Waals surface area contributed by atoms with Crippen molar-refractivity contribution in [2.75, 3.05) is 6.61 Å². The van der Waals surface area contributed by atoms with E-state index in [9.17, 15) is 14.7 Å². The molecule has 1 fully saturated rings. The molecule has 2 aliphatic carbocycles. The van der Waals surface area contributed by atoms with Crippen molar-refractivity contribution in [3.05, 3.63) is 35.8 Å². The maximum atomic E-state index is 12.1. The highest BCUT2D eigenvalue weighted by molar-refractivity contribution is 5.76. The van der Waals surface area contributed by atoms with Crippen LogP contribution < -0.4 is 0 Å². The quantitative estimate of drug-likeness (QED) is 0.481. The molecule has 1 heterocycles. The van der Waals surface area contributed by atoms with Crippen LogP contribution in [0.1, 0.15) is 64.9 Å². The number of aliphatic hydroxyl groups excluding tert-OH is 1. The fourth-order valence-corrected chi connectivity index (χ4v) is 5.90. The zero-order valence-corrected chi connectivity index (χ0v) is 18.2. The van der Waals surface area contributed by atoms with Gasteiger partial charge in [-0.25, -0.2) is 0 Å². The highest BCUT2D eigenvalue weighted by Crippen LogP contribution is 2.61. The Bertz CT molecular complexity index is 782. The molecule has 3 rings (SSSR count). The van der Waals surface area contributed by atoms with E-state index < -0.39 is 18.0 Å². The molecule has 0 aromatic carbocycles. The molecule has 0 spiro atoms. The molecule has 1 aromatic rings. The van der Waals surface area contributed by atoms with Crippen LogP contribution in [-0.4, -0.2) is 34.9 Å². The summed E-state index contributed by atoms with van der Waals surface area (Å²) in [5.74, 6) is -1.36. The molecule has 0 amide bonds. The summed E-state index contributed by atoms with van der Waals surface area (Å²) in [6.07, 6.45) is 9.16. The molecule has 2 N–H and O–H groups in total. The van der Waals surface area contributed by atoms with Gasteiger partial charge in [-0.15, -0.1) is 0 Å². The van der Waals surface area contributed by atoms with Gasteiger partial charge < -0.3 is 19.4 Å². The number of hydrogen-bond acceptors (Lipinski definition) is 5. The second-order valence-electron chi connectivity index (χ2n) is 9.53. The number of aryl methyl sites for hydroxylation is 1. The van der Waals surface area contributed by atoms with Crippen LogP contribution in [-0.2, 0) is 20.7 Å². The zero-order valence-electron chi connectivity index (χ0n) is 18.2. The van der Waals surface area contributed by atoms with Gasteiger partial charge >= 0.3 is 11.9 Å². The first-order valence-electron chi connectivity index (χ1n) is 10.9. The van der Waals surface area contributed by atoms with Crippen molar-refractivity contribution in [1.82, 2.24) is 0 Å². The number of rotatable bonds is 8. The minimum atomic E-state index is -1.02.